The third-order valence-electron chi connectivity index (χ3n) is 7.03. The molecule has 2 aliphatic rings. The van der Waals surface area contributed by atoms with Crippen LogP contribution in [0.1, 0.15) is 71.3 Å². The van der Waals surface area contributed by atoms with Gasteiger partial charge in [0.15, 0.2) is 0 Å². The Labute approximate surface area is 206 Å². The third kappa shape index (κ3) is 5.79. The van der Waals surface area contributed by atoms with Gasteiger partial charge in [-0.2, -0.15) is 0 Å². The van der Waals surface area contributed by atoms with Crippen molar-refractivity contribution in [2.75, 3.05) is 6.54 Å². The molecule has 0 radical (unpaired) electrons. The Kier molecular flexibility index (Phi) is 7.52. The molecule has 1 saturated carbocycles. The van der Waals surface area contributed by atoms with Crippen LogP contribution in [0.3, 0.4) is 0 Å². The first kappa shape index (κ1) is 26.6. The Hall–Kier alpha value is -3.04. The molecule has 0 unspecified atom stereocenters. The number of nitrogens with one attached hydrogen (secondary N) is 2. The van der Waals surface area contributed by atoms with Crippen molar-refractivity contribution in [2.45, 2.75) is 78.9 Å². The number of nitrogens with zero attached hydrogens (tertiary/aromatic N) is 3. The topological polar surface area (TPSA) is 142 Å². The minimum Gasteiger partial charge on any atom is -0.480 e. The molecule has 10 nitrogen and oxygen atoms in total. The summed E-state index contributed by atoms with van der Waals surface area (Å²) in [6.45, 7) is 11.3. The summed E-state index contributed by atoms with van der Waals surface area (Å²) < 4.78 is 0. The molecular formula is C25H37N5O5. The molecule has 0 aromatic carbocycles. The third-order valence-corrected chi connectivity index (χ3v) is 7.03. The number of amides is 3. The average molecular weight is 488 g/mol. The Morgan fingerprint density at radius 1 is 1.00 bits per heavy atom. The summed E-state index contributed by atoms with van der Waals surface area (Å²) in [4.78, 5) is 61.4. The normalized spacial score (nSPS) is 23.8. The summed E-state index contributed by atoms with van der Waals surface area (Å²) >= 11 is 0. The van der Waals surface area contributed by atoms with Gasteiger partial charge < -0.3 is 20.6 Å². The van der Waals surface area contributed by atoms with E-state index in [1.165, 1.54) is 23.5 Å². The second-order valence-electron chi connectivity index (χ2n) is 11.8. The fraction of sp³-hybridized carbons (Fsp3) is 0.680. The quantitative estimate of drug-likeness (QED) is 0.556. The number of hydrogen-bond donors (Lipinski definition) is 3. The molecule has 2 heterocycles. The standard InChI is InChI=1S/C25H37N5O5/c1-24(2,3)18(28-20(31)16-12-26-10-11-27-16)21(32)29-19(25(4,5)6)22(33)30-13-14-8-7-9-15(14)17(30)23(34)35/h10-12,14-15,17-19H,7-9,13H2,1-6H3,(H,28,31)(H,29,32)(H,34,35)/t14-,15-,17-,18+,19+/m0/s1. The molecule has 5 atom stereocenters. The summed E-state index contributed by atoms with van der Waals surface area (Å²) in [5.41, 5.74) is -1.29. The Balaban J connectivity index is 1.83. The summed E-state index contributed by atoms with van der Waals surface area (Å²) in [7, 11) is 0. The van der Waals surface area contributed by atoms with Gasteiger partial charge in [-0.15, -0.1) is 0 Å². The number of rotatable bonds is 6. The number of aromatic nitrogens is 2. The van der Waals surface area contributed by atoms with E-state index < -0.39 is 52.6 Å². The lowest BCUT2D eigenvalue weighted by atomic mass is 9.83. The number of carboxylic acid groups (broad SMARTS) is 1. The zero-order chi connectivity index (χ0) is 26.1. The van der Waals surface area contributed by atoms with Crippen LogP contribution in [0.2, 0.25) is 0 Å². The summed E-state index contributed by atoms with van der Waals surface area (Å²) in [5, 5.41) is 15.5. The van der Waals surface area contributed by atoms with Gasteiger partial charge in [-0.3, -0.25) is 19.4 Å². The van der Waals surface area contributed by atoms with E-state index in [1.54, 1.807) is 0 Å². The highest BCUT2D eigenvalue weighted by atomic mass is 16.4. The highest BCUT2D eigenvalue weighted by molar-refractivity contribution is 5.98. The predicted molar refractivity (Wildman–Crippen MR) is 128 cm³/mol. The second kappa shape index (κ2) is 9.91. The number of carbonyl (C=O) groups is 4. The van der Waals surface area contributed by atoms with Crippen LogP contribution in [-0.4, -0.2) is 68.3 Å². The van der Waals surface area contributed by atoms with E-state index in [4.69, 9.17) is 0 Å². The largest absolute Gasteiger partial charge is 0.480 e. The molecule has 1 aliphatic carbocycles. The Morgan fingerprint density at radius 3 is 2.20 bits per heavy atom. The molecule has 1 aromatic rings. The molecule has 35 heavy (non-hydrogen) atoms. The molecule has 1 saturated heterocycles. The highest BCUT2D eigenvalue weighted by Crippen LogP contribution is 2.43. The zero-order valence-corrected chi connectivity index (χ0v) is 21.4. The smallest absolute Gasteiger partial charge is 0.326 e. The zero-order valence-electron chi connectivity index (χ0n) is 21.4. The van der Waals surface area contributed by atoms with Gasteiger partial charge in [-0.05, 0) is 35.5 Å². The minimum absolute atomic E-state index is 0.0543. The van der Waals surface area contributed by atoms with Crippen LogP contribution in [0, 0.1) is 22.7 Å². The van der Waals surface area contributed by atoms with Gasteiger partial charge in [0.25, 0.3) is 5.91 Å². The van der Waals surface area contributed by atoms with E-state index in [9.17, 15) is 24.3 Å². The van der Waals surface area contributed by atoms with Crippen LogP contribution in [-0.2, 0) is 14.4 Å². The molecule has 1 aromatic heterocycles. The van der Waals surface area contributed by atoms with E-state index in [-0.39, 0.29) is 17.5 Å². The van der Waals surface area contributed by atoms with E-state index in [2.05, 4.69) is 20.6 Å². The number of aliphatic carboxylic acids is 1. The SMILES string of the molecule is CC(C)(C)[C@H](NC(=O)c1cnccn1)C(=O)N[C@H](C(=O)N1C[C@@H]2CCC[C@@H]2[C@H]1C(=O)O)C(C)(C)C. The molecule has 192 valence electrons. The molecule has 0 spiro atoms. The van der Waals surface area contributed by atoms with Crippen molar-refractivity contribution in [3.63, 3.8) is 0 Å². The maximum absolute atomic E-state index is 13.7. The summed E-state index contributed by atoms with van der Waals surface area (Å²) in [6, 6.07) is -2.82. The van der Waals surface area contributed by atoms with Crippen molar-refractivity contribution in [3.8, 4) is 0 Å². The van der Waals surface area contributed by atoms with Crippen LogP contribution < -0.4 is 10.6 Å². The van der Waals surface area contributed by atoms with Gasteiger partial charge in [0.1, 0.15) is 23.8 Å². The van der Waals surface area contributed by atoms with Gasteiger partial charge in [-0.25, -0.2) is 9.78 Å². The first-order valence-corrected chi connectivity index (χ1v) is 12.1. The van der Waals surface area contributed by atoms with E-state index in [1.807, 2.05) is 41.5 Å². The van der Waals surface area contributed by atoms with E-state index >= 15 is 0 Å². The Morgan fingerprint density at radius 2 is 1.66 bits per heavy atom. The van der Waals surface area contributed by atoms with Crippen molar-refractivity contribution < 1.29 is 24.3 Å². The fourth-order valence-corrected chi connectivity index (χ4v) is 5.19. The minimum atomic E-state index is -1.00. The molecule has 0 bridgehead atoms. The van der Waals surface area contributed by atoms with Crippen LogP contribution in [0.5, 0.6) is 0 Å². The molecule has 1 aliphatic heterocycles. The van der Waals surface area contributed by atoms with Gasteiger partial charge >= 0.3 is 5.97 Å². The van der Waals surface area contributed by atoms with Crippen LogP contribution >= 0.6 is 0 Å². The average Bonchev–Trinajstić information content (AvgIpc) is 3.35. The molecule has 3 rings (SSSR count). The van der Waals surface area contributed by atoms with Crippen molar-refractivity contribution in [1.82, 2.24) is 25.5 Å². The first-order chi connectivity index (χ1) is 16.2. The maximum Gasteiger partial charge on any atom is 0.326 e. The monoisotopic (exact) mass is 487 g/mol. The van der Waals surface area contributed by atoms with E-state index in [0.29, 0.717) is 6.54 Å². The summed E-state index contributed by atoms with van der Waals surface area (Å²) in [6.07, 6.45) is 6.81. The van der Waals surface area contributed by atoms with Crippen molar-refractivity contribution in [3.05, 3.63) is 24.3 Å². The predicted octanol–water partition coefficient (Wildman–Crippen LogP) is 1.86. The van der Waals surface area contributed by atoms with Crippen LogP contribution in [0.4, 0.5) is 0 Å². The number of hydrogen-bond acceptors (Lipinski definition) is 6. The maximum atomic E-state index is 13.7. The van der Waals surface area contributed by atoms with Crippen molar-refractivity contribution >= 4 is 23.7 Å². The lowest BCUT2D eigenvalue weighted by Gasteiger charge is -2.38. The molecule has 10 heteroatoms. The highest BCUT2D eigenvalue weighted by Gasteiger charge is 2.52. The Bertz CT molecular complexity index is 969. The first-order valence-electron chi connectivity index (χ1n) is 12.1. The van der Waals surface area contributed by atoms with Crippen molar-refractivity contribution in [1.29, 1.82) is 0 Å². The van der Waals surface area contributed by atoms with Crippen LogP contribution in [0.15, 0.2) is 18.6 Å². The number of fused-ring (bicyclic) bond motifs is 1. The van der Waals surface area contributed by atoms with Gasteiger partial charge in [0, 0.05) is 18.9 Å². The summed E-state index contributed by atoms with van der Waals surface area (Å²) in [5.74, 6) is -2.36. The molecular weight excluding hydrogens is 450 g/mol. The van der Waals surface area contributed by atoms with E-state index in [0.717, 1.165) is 19.3 Å². The lowest BCUT2D eigenvalue weighted by Crippen LogP contribution is -2.62. The van der Waals surface area contributed by atoms with Crippen LogP contribution in [0.25, 0.3) is 0 Å². The fourth-order valence-electron chi connectivity index (χ4n) is 5.19. The number of carboxylic acids is 1. The lowest BCUT2D eigenvalue weighted by molar-refractivity contribution is -0.152. The molecule has 3 N–H and O–H groups in total. The molecule has 3 amide bonds. The second-order valence-corrected chi connectivity index (χ2v) is 11.8. The number of carbonyl (C=O) groups excluding carboxylic acids is 3. The van der Waals surface area contributed by atoms with Gasteiger partial charge in [-0.1, -0.05) is 48.0 Å². The van der Waals surface area contributed by atoms with Gasteiger partial charge in [0.05, 0.1) is 6.20 Å². The number of likely N-dealkylation sites (tertiary alicyclic amines) is 1. The molecule has 2 fully saturated rings. The van der Waals surface area contributed by atoms with Gasteiger partial charge in [0.2, 0.25) is 11.8 Å². The van der Waals surface area contributed by atoms with Crippen molar-refractivity contribution in [2.24, 2.45) is 22.7 Å².